The Morgan fingerprint density at radius 3 is 2.25 bits per heavy atom. The summed E-state index contributed by atoms with van der Waals surface area (Å²) in [4.78, 5) is 0. The van der Waals surface area contributed by atoms with E-state index in [-0.39, 0.29) is 11.2 Å². The van der Waals surface area contributed by atoms with E-state index in [1.807, 2.05) is 12.1 Å². The van der Waals surface area contributed by atoms with Crippen LogP contribution in [0.1, 0.15) is 31.9 Å². The van der Waals surface area contributed by atoms with Crippen LogP contribution in [0, 0.1) is 0 Å². The second kappa shape index (κ2) is 7.20. The zero-order valence-electron chi connectivity index (χ0n) is 12.8. The van der Waals surface area contributed by atoms with Gasteiger partial charge in [-0.1, -0.05) is 45.0 Å². The fourth-order valence-corrected chi connectivity index (χ4v) is 2.84. The number of hydrogen-bond acceptors (Lipinski definition) is 3. The van der Waals surface area contributed by atoms with E-state index in [1.54, 1.807) is 7.11 Å². The lowest BCUT2D eigenvalue weighted by molar-refractivity contribution is 0.204. The zero-order valence-corrected chi connectivity index (χ0v) is 13.6. The number of benzene rings is 1. The minimum Gasteiger partial charge on any atom is -0.383 e. The standard InChI is InChI=1S/C15H25NO3S/c1-15(2,3)14-7-5-13(6-8-14)9-12-20(17,18)16-10-11-19-4/h5-8,16H,9-12H2,1-4H3. The number of rotatable bonds is 7. The van der Waals surface area contributed by atoms with Crippen molar-refractivity contribution in [3.05, 3.63) is 35.4 Å². The molecule has 0 saturated heterocycles. The first-order chi connectivity index (χ1) is 9.24. The van der Waals surface area contributed by atoms with Crippen LogP contribution >= 0.6 is 0 Å². The molecule has 0 aliphatic heterocycles. The molecule has 0 atom stereocenters. The molecule has 1 N–H and O–H groups in total. The Hall–Kier alpha value is -0.910. The molecule has 1 rings (SSSR count). The molecule has 1 aromatic rings. The van der Waals surface area contributed by atoms with Crippen LogP contribution in [0.4, 0.5) is 0 Å². The van der Waals surface area contributed by atoms with Crippen LogP contribution in [0.2, 0.25) is 0 Å². The van der Waals surface area contributed by atoms with Gasteiger partial charge in [-0.15, -0.1) is 0 Å². The molecule has 0 bridgehead atoms. The molecule has 0 aliphatic carbocycles. The van der Waals surface area contributed by atoms with E-state index in [4.69, 9.17) is 4.74 Å². The molecule has 0 aromatic heterocycles. The van der Waals surface area contributed by atoms with Crippen LogP contribution in [0.5, 0.6) is 0 Å². The van der Waals surface area contributed by atoms with Crippen molar-refractivity contribution in [2.75, 3.05) is 26.0 Å². The predicted molar refractivity (Wildman–Crippen MR) is 82.5 cm³/mol. The van der Waals surface area contributed by atoms with Gasteiger partial charge in [-0.05, 0) is 23.0 Å². The Labute approximate surface area is 122 Å². The lowest BCUT2D eigenvalue weighted by atomic mass is 9.86. The Morgan fingerprint density at radius 1 is 1.15 bits per heavy atom. The molecule has 0 heterocycles. The van der Waals surface area contributed by atoms with Crippen LogP contribution in [0.15, 0.2) is 24.3 Å². The number of nitrogens with one attached hydrogen (secondary N) is 1. The highest BCUT2D eigenvalue weighted by molar-refractivity contribution is 7.89. The third kappa shape index (κ3) is 6.03. The minimum absolute atomic E-state index is 0.103. The first kappa shape index (κ1) is 17.1. The van der Waals surface area contributed by atoms with Gasteiger partial charge in [0, 0.05) is 13.7 Å². The van der Waals surface area contributed by atoms with Gasteiger partial charge >= 0.3 is 0 Å². The Balaban J connectivity index is 2.53. The molecule has 4 nitrogen and oxygen atoms in total. The normalized spacial score (nSPS) is 12.6. The number of aryl methyl sites for hydroxylation is 1. The van der Waals surface area contributed by atoms with Crippen molar-refractivity contribution in [2.24, 2.45) is 0 Å². The minimum atomic E-state index is -3.22. The van der Waals surface area contributed by atoms with Crippen molar-refractivity contribution in [3.8, 4) is 0 Å². The topological polar surface area (TPSA) is 55.4 Å². The van der Waals surface area contributed by atoms with E-state index in [0.29, 0.717) is 19.6 Å². The average molecular weight is 299 g/mol. The average Bonchev–Trinajstić information content (AvgIpc) is 2.36. The van der Waals surface area contributed by atoms with Gasteiger partial charge in [-0.2, -0.15) is 0 Å². The maximum absolute atomic E-state index is 11.7. The van der Waals surface area contributed by atoms with Crippen LogP contribution < -0.4 is 4.72 Å². The molecule has 0 amide bonds. The predicted octanol–water partition coefficient (Wildman–Crippen LogP) is 2.09. The molecule has 5 heteroatoms. The largest absolute Gasteiger partial charge is 0.383 e. The number of hydrogen-bond donors (Lipinski definition) is 1. The fraction of sp³-hybridized carbons (Fsp3) is 0.600. The van der Waals surface area contributed by atoms with E-state index >= 15 is 0 Å². The van der Waals surface area contributed by atoms with Crippen molar-refractivity contribution in [3.63, 3.8) is 0 Å². The van der Waals surface area contributed by atoms with Gasteiger partial charge in [0.05, 0.1) is 12.4 Å². The van der Waals surface area contributed by atoms with Gasteiger partial charge in [0.15, 0.2) is 0 Å². The summed E-state index contributed by atoms with van der Waals surface area (Å²) in [7, 11) is -1.67. The molecule has 0 aliphatic rings. The van der Waals surface area contributed by atoms with E-state index in [0.717, 1.165) is 5.56 Å². The van der Waals surface area contributed by atoms with E-state index in [9.17, 15) is 8.42 Å². The maximum atomic E-state index is 11.7. The van der Waals surface area contributed by atoms with Gasteiger partial charge in [0.25, 0.3) is 0 Å². The van der Waals surface area contributed by atoms with E-state index in [2.05, 4.69) is 37.6 Å². The molecule has 114 valence electrons. The third-order valence-corrected chi connectivity index (χ3v) is 4.49. The van der Waals surface area contributed by atoms with Crippen LogP contribution in [-0.2, 0) is 26.6 Å². The van der Waals surface area contributed by atoms with Gasteiger partial charge in [-0.3, -0.25) is 0 Å². The Bertz CT molecular complexity index is 501. The summed E-state index contributed by atoms with van der Waals surface area (Å²) in [6.45, 7) is 7.19. The summed E-state index contributed by atoms with van der Waals surface area (Å²) < 4.78 is 30.8. The van der Waals surface area contributed by atoms with Crippen molar-refractivity contribution in [2.45, 2.75) is 32.6 Å². The smallest absolute Gasteiger partial charge is 0.211 e. The first-order valence-corrected chi connectivity index (χ1v) is 8.45. The highest BCUT2D eigenvalue weighted by atomic mass is 32.2. The zero-order chi connectivity index (χ0) is 15.2. The van der Waals surface area contributed by atoms with Gasteiger partial charge < -0.3 is 4.74 Å². The maximum Gasteiger partial charge on any atom is 0.211 e. The summed E-state index contributed by atoms with van der Waals surface area (Å²) in [6, 6.07) is 8.15. The molecular weight excluding hydrogens is 274 g/mol. The summed E-state index contributed by atoms with van der Waals surface area (Å²) >= 11 is 0. The summed E-state index contributed by atoms with van der Waals surface area (Å²) in [5, 5.41) is 0. The summed E-state index contributed by atoms with van der Waals surface area (Å²) in [5.41, 5.74) is 2.41. The molecule has 1 aromatic carbocycles. The molecule has 20 heavy (non-hydrogen) atoms. The Morgan fingerprint density at radius 2 is 1.75 bits per heavy atom. The fourth-order valence-electron chi connectivity index (χ4n) is 1.80. The number of ether oxygens (including phenoxy) is 1. The Kier molecular flexibility index (Phi) is 6.17. The molecule has 0 spiro atoms. The van der Waals surface area contributed by atoms with Crippen LogP contribution in [-0.4, -0.2) is 34.4 Å². The van der Waals surface area contributed by atoms with Crippen molar-refractivity contribution < 1.29 is 13.2 Å². The number of methoxy groups -OCH3 is 1. The molecule has 0 radical (unpaired) electrons. The van der Waals surface area contributed by atoms with Gasteiger partial charge in [-0.25, -0.2) is 13.1 Å². The summed E-state index contributed by atoms with van der Waals surface area (Å²) in [5.74, 6) is 0.103. The van der Waals surface area contributed by atoms with E-state index in [1.165, 1.54) is 5.56 Å². The SMILES string of the molecule is COCCNS(=O)(=O)CCc1ccc(C(C)(C)C)cc1. The van der Waals surface area contributed by atoms with Gasteiger partial charge in [0.2, 0.25) is 10.0 Å². The molecule has 0 unspecified atom stereocenters. The lowest BCUT2D eigenvalue weighted by Crippen LogP contribution is -2.30. The molecular formula is C15H25NO3S. The number of sulfonamides is 1. The first-order valence-electron chi connectivity index (χ1n) is 6.80. The van der Waals surface area contributed by atoms with Crippen molar-refractivity contribution >= 4 is 10.0 Å². The molecule has 0 saturated carbocycles. The lowest BCUT2D eigenvalue weighted by Gasteiger charge is -2.19. The highest BCUT2D eigenvalue weighted by Crippen LogP contribution is 2.22. The monoisotopic (exact) mass is 299 g/mol. The second-order valence-corrected chi connectivity index (χ2v) is 7.83. The van der Waals surface area contributed by atoms with Crippen LogP contribution in [0.25, 0.3) is 0 Å². The highest BCUT2D eigenvalue weighted by Gasteiger charge is 2.14. The van der Waals surface area contributed by atoms with Crippen molar-refractivity contribution in [1.29, 1.82) is 0 Å². The van der Waals surface area contributed by atoms with Crippen LogP contribution in [0.3, 0.4) is 0 Å². The second-order valence-electron chi connectivity index (χ2n) is 5.90. The molecule has 0 fully saturated rings. The van der Waals surface area contributed by atoms with E-state index < -0.39 is 10.0 Å². The van der Waals surface area contributed by atoms with Gasteiger partial charge in [0.1, 0.15) is 0 Å². The summed E-state index contributed by atoms with van der Waals surface area (Å²) in [6.07, 6.45) is 0.521. The third-order valence-electron chi connectivity index (χ3n) is 3.11. The quantitative estimate of drug-likeness (QED) is 0.784. The van der Waals surface area contributed by atoms with Crippen molar-refractivity contribution in [1.82, 2.24) is 4.72 Å².